The van der Waals surface area contributed by atoms with Crippen molar-refractivity contribution in [2.75, 3.05) is 5.32 Å². The number of non-ortho nitro benzene ring substituents is 1. The van der Waals surface area contributed by atoms with Gasteiger partial charge in [-0.3, -0.25) is 10.1 Å². The minimum Gasteiger partial charge on any atom is -0.378 e. The number of nitro groups is 1. The zero-order valence-electron chi connectivity index (χ0n) is 11.2. The minimum atomic E-state index is -0.495. The van der Waals surface area contributed by atoms with E-state index in [-0.39, 0.29) is 11.2 Å². The van der Waals surface area contributed by atoms with Crippen molar-refractivity contribution in [1.82, 2.24) is 10.3 Å². The van der Waals surface area contributed by atoms with E-state index in [4.69, 9.17) is 0 Å². The second-order valence-electron chi connectivity index (χ2n) is 4.43. The van der Waals surface area contributed by atoms with E-state index in [1.807, 2.05) is 0 Å². The third kappa shape index (κ3) is 2.45. The molecule has 3 rings (SSSR count). The highest BCUT2D eigenvalue weighted by Crippen LogP contribution is 2.29. The number of benzene rings is 1. The maximum atomic E-state index is 10.9. The predicted octanol–water partition coefficient (Wildman–Crippen LogP) is 3.37. The first-order chi connectivity index (χ1) is 10.2. The molecule has 0 aliphatic carbocycles. The number of aromatic nitrogens is 2. The third-order valence-corrected chi connectivity index (χ3v) is 4.21. The summed E-state index contributed by atoms with van der Waals surface area (Å²) in [6.45, 7) is 2.75. The lowest BCUT2D eigenvalue weighted by Crippen LogP contribution is -2.01. The number of thiophene rings is 1. The summed E-state index contributed by atoms with van der Waals surface area (Å²) in [5.41, 5.74) is 2.39. The normalized spacial score (nSPS) is 10.9. The SMILES string of the molecule is CCc1ccsc1CNc1ccc([N+](=O)[O-])c2nonc12. The molecule has 2 aromatic heterocycles. The Hall–Kier alpha value is -2.48. The van der Waals surface area contributed by atoms with E-state index in [0.29, 0.717) is 17.7 Å². The van der Waals surface area contributed by atoms with Gasteiger partial charge in [-0.1, -0.05) is 6.92 Å². The Bertz CT molecular complexity index is 796. The standard InChI is InChI=1S/C13H12N4O3S/c1-2-8-5-6-21-11(8)7-14-9-3-4-10(17(18)19)13-12(9)15-20-16-13/h3-6,14H,2,7H2,1H3. The van der Waals surface area contributed by atoms with Gasteiger partial charge in [-0.15, -0.1) is 11.3 Å². The fourth-order valence-electron chi connectivity index (χ4n) is 2.16. The zero-order valence-corrected chi connectivity index (χ0v) is 12.0. The van der Waals surface area contributed by atoms with Gasteiger partial charge in [-0.25, -0.2) is 4.63 Å². The summed E-state index contributed by atoms with van der Waals surface area (Å²) in [5, 5.41) is 23.6. The van der Waals surface area contributed by atoms with E-state index in [0.717, 1.165) is 6.42 Å². The number of fused-ring (bicyclic) bond motifs is 1. The number of nitro benzene ring substituents is 1. The number of rotatable bonds is 5. The zero-order chi connectivity index (χ0) is 14.8. The van der Waals surface area contributed by atoms with Crippen LogP contribution >= 0.6 is 11.3 Å². The maximum absolute atomic E-state index is 10.9. The molecule has 108 valence electrons. The molecule has 8 heteroatoms. The Labute approximate surface area is 123 Å². The second kappa shape index (κ2) is 5.49. The largest absolute Gasteiger partial charge is 0.378 e. The summed E-state index contributed by atoms with van der Waals surface area (Å²) < 4.78 is 4.64. The molecule has 0 unspecified atom stereocenters. The smallest absolute Gasteiger partial charge is 0.300 e. The lowest BCUT2D eigenvalue weighted by atomic mass is 10.2. The van der Waals surface area contributed by atoms with E-state index in [1.54, 1.807) is 17.4 Å². The van der Waals surface area contributed by atoms with Crippen molar-refractivity contribution >= 4 is 33.7 Å². The molecule has 0 amide bonds. The Kier molecular flexibility index (Phi) is 3.53. The number of aryl methyl sites for hydroxylation is 1. The Balaban J connectivity index is 1.90. The molecule has 0 atom stereocenters. The highest BCUT2D eigenvalue weighted by molar-refractivity contribution is 7.10. The minimum absolute atomic E-state index is 0.109. The van der Waals surface area contributed by atoms with Crippen LogP contribution in [0.15, 0.2) is 28.2 Å². The number of nitrogens with zero attached hydrogens (tertiary/aromatic N) is 3. The quantitative estimate of drug-likeness (QED) is 0.573. The molecule has 0 spiro atoms. The Morgan fingerprint density at radius 1 is 1.33 bits per heavy atom. The van der Waals surface area contributed by atoms with Crippen LogP contribution in [0.3, 0.4) is 0 Å². The van der Waals surface area contributed by atoms with Crippen molar-refractivity contribution in [1.29, 1.82) is 0 Å². The lowest BCUT2D eigenvalue weighted by molar-refractivity contribution is -0.383. The second-order valence-corrected chi connectivity index (χ2v) is 5.43. The van der Waals surface area contributed by atoms with Gasteiger partial charge in [0.1, 0.15) is 0 Å². The first kappa shape index (κ1) is 13.5. The number of anilines is 1. The molecule has 0 aliphatic rings. The van der Waals surface area contributed by atoms with Crippen LogP contribution in [0, 0.1) is 10.1 Å². The molecule has 2 heterocycles. The van der Waals surface area contributed by atoms with Gasteiger partial charge in [0.05, 0.1) is 10.6 Å². The van der Waals surface area contributed by atoms with Crippen LogP contribution in [-0.2, 0) is 13.0 Å². The molecule has 0 saturated carbocycles. The molecule has 0 saturated heterocycles. The van der Waals surface area contributed by atoms with Crippen molar-refractivity contribution in [2.24, 2.45) is 0 Å². The monoisotopic (exact) mass is 304 g/mol. The third-order valence-electron chi connectivity index (χ3n) is 3.25. The van der Waals surface area contributed by atoms with Crippen LogP contribution in [0.5, 0.6) is 0 Å². The maximum Gasteiger partial charge on any atom is 0.300 e. The average Bonchev–Trinajstić information content (AvgIpc) is 3.12. The predicted molar refractivity (Wildman–Crippen MR) is 79.5 cm³/mol. The first-order valence-corrected chi connectivity index (χ1v) is 7.27. The topological polar surface area (TPSA) is 94.1 Å². The van der Waals surface area contributed by atoms with Crippen LogP contribution in [0.25, 0.3) is 11.0 Å². The molecular formula is C13H12N4O3S. The molecule has 1 N–H and O–H groups in total. The van der Waals surface area contributed by atoms with Gasteiger partial charge in [-0.05, 0) is 39.8 Å². The van der Waals surface area contributed by atoms with Crippen molar-refractivity contribution in [3.05, 3.63) is 44.1 Å². The Morgan fingerprint density at radius 2 is 2.14 bits per heavy atom. The Morgan fingerprint density at radius 3 is 2.90 bits per heavy atom. The summed E-state index contributed by atoms with van der Waals surface area (Å²) in [5.74, 6) is 0. The van der Waals surface area contributed by atoms with E-state index in [2.05, 4.69) is 38.6 Å². The number of hydrogen-bond acceptors (Lipinski definition) is 7. The van der Waals surface area contributed by atoms with Gasteiger partial charge in [-0.2, -0.15) is 0 Å². The molecule has 3 aromatic rings. The van der Waals surface area contributed by atoms with Gasteiger partial charge < -0.3 is 5.32 Å². The highest BCUT2D eigenvalue weighted by atomic mass is 32.1. The first-order valence-electron chi connectivity index (χ1n) is 6.39. The number of nitrogens with one attached hydrogen (secondary N) is 1. The van der Waals surface area contributed by atoms with E-state index < -0.39 is 4.92 Å². The summed E-state index contributed by atoms with van der Waals surface area (Å²) in [6, 6.07) is 5.14. The summed E-state index contributed by atoms with van der Waals surface area (Å²) >= 11 is 1.68. The summed E-state index contributed by atoms with van der Waals surface area (Å²) in [7, 11) is 0. The molecule has 1 aromatic carbocycles. The van der Waals surface area contributed by atoms with E-state index in [1.165, 1.54) is 16.5 Å². The van der Waals surface area contributed by atoms with Crippen molar-refractivity contribution < 1.29 is 9.55 Å². The molecule has 0 bridgehead atoms. The van der Waals surface area contributed by atoms with E-state index in [9.17, 15) is 10.1 Å². The van der Waals surface area contributed by atoms with Gasteiger partial charge >= 0.3 is 5.69 Å². The van der Waals surface area contributed by atoms with Gasteiger partial charge in [0.2, 0.25) is 5.52 Å². The number of hydrogen-bond donors (Lipinski definition) is 1. The van der Waals surface area contributed by atoms with E-state index >= 15 is 0 Å². The highest BCUT2D eigenvalue weighted by Gasteiger charge is 2.19. The van der Waals surface area contributed by atoms with Crippen LogP contribution in [-0.4, -0.2) is 15.2 Å². The van der Waals surface area contributed by atoms with Crippen molar-refractivity contribution in [3.63, 3.8) is 0 Å². The molecule has 7 nitrogen and oxygen atoms in total. The lowest BCUT2D eigenvalue weighted by Gasteiger charge is -2.06. The van der Waals surface area contributed by atoms with Crippen molar-refractivity contribution in [3.8, 4) is 0 Å². The van der Waals surface area contributed by atoms with Gasteiger partial charge in [0.15, 0.2) is 5.52 Å². The van der Waals surface area contributed by atoms with Gasteiger partial charge in [0, 0.05) is 17.5 Å². The molecule has 21 heavy (non-hydrogen) atoms. The van der Waals surface area contributed by atoms with Crippen LogP contribution in [0.1, 0.15) is 17.4 Å². The molecule has 0 radical (unpaired) electrons. The molecule has 0 fully saturated rings. The summed E-state index contributed by atoms with van der Waals surface area (Å²) in [6.07, 6.45) is 0.974. The van der Waals surface area contributed by atoms with Crippen LogP contribution in [0.2, 0.25) is 0 Å². The van der Waals surface area contributed by atoms with Crippen molar-refractivity contribution in [2.45, 2.75) is 19.9 Å². The van der Waals surface area contributed by atoms with Gasteiger partial charge in [0.25, 0.3) is 0 Å². The average molecular weight is 304 g/mol. The van der Waals surface area contributed by atoms with Crippen LogP contribution < -0.4 is 5.32 Å². The molecule has 0 aliphatic heterocycles. The fourth-order valence-corrected chi connectivity index (χ4v) is 3.07. The van der Waals surface area contributed by atoms with Crippen LogP contribution in [0.4, 0.5) is 11.4 Å². The fraction of sp³-hybridized carbons (Fsp3) is 0.231. The summed E-state index contributed by atoms with van der Waals surface area (Å²) in [4.78, 5) is 11.7. The molecular weight excluding hydrogens is 292 g/mol.